The smallest absolute Gasteiger partial charge is 0.243 e. The Balaban J connectivity index is 1.54. The highest BCUT2D eigenvalue weighted by Crippen LogP contribution is 2.28. The minimum absolute atomic E-state index is 0.0830. The summed E-state index contributed by atoms with van der Waals surface area (Å²) in [4.78, 5) is 17.6. The van der Waals surface area contributed by atoms with E-state index in [4.69, 9.17) is 30.2 Å². The number of sulfonamides is 1. The van der Waals surface area contributed by atoms with Gasteiger partial charge in [0.2, 0.25) is 15.9 Å². The SMILES string of the molecule is COc1ccc(CCN(Cc2ccco2)C(=O)CN(CCN2CCOCC2)S(=O)(=O)c2ccc(Cl)cc2)cc1OC. The number of carbonyl (C=O) groups excluding carboxylic acids is 1. The van der Waals surface area contributed by atoms with Crippen LogP contribution in [0.5, 0.6) is 11.5 Å². The molecule has 0 saturated carbocycles. The lowest BCUT2D eigenvalue weighted by molar-refractivity contribution is -0.132. The molecule has 1 aliphatic rings. The number of hydrogen-bond acceptors (Lipinski definition) is 8. The summed E-state index contributed by atoms with van der Waals surface area (Å²) >= 11 is 6.01. The molecule has 0 bridgehead atoms. The fourth-order valence-electron chi connectivity index (χ4n) is 4.55. The molecule has 0 radical (unpaired) electrons. The van der Waals surface area contributed by atoms with Gasteiger partial charge in [0.15, 0.2) is 11.5 Å². The van der Waals surface area contributed by atoms with Crippen molar-refractivity contribution in [2.75, 3.05) is 66.7 Å². The Morgan fingerprint density at radius 2 is 1.73 bits per heavy atom. The number of halogens is 1. The lowest BCUT2D eigenvalue weighted by Gasteiger charge is -2.31. The first-order valence-corrected chi connectivity index (χ1v) is 15.2. The van der Waals surface area contributed by atoms with Crippen LogP contribution in [0.1, 0.15) is 11.3 Å². The van der Waals surface area contributed by atoms with Crippen molar-refractivity contribution in [1.29, 1.82) is 0 Å². The first kappa shape index (κ1) is 30.9. The molecule has 4 rings (SSSR count). The minimum Gasteiger partial charge on any atom is -0.493 e. The molecule has 222 valence electrons. The van der Waals surface area contributed by atoms with Crippen molar-refractivity contribution < 1.29 is 31.8 Å². The zero-order valence-corrected chi connectivity index (χ0v) is 24.9. The molecule has 2 heterocycles. The van der Waals surface area contributed by atoms with Gasteiger partial charge >= 0.3 is 0 Å². The van der Waals surface area contributed by atoms with Crippen molar-refractivity contribution in [2.24, 2.45) is 0 Å². The van der Waals surface area contributed by atoms with Crippen molar-refractivity contribution in [2.45, 2.75) is 17.9 Å². The Kier molecular flexibility index (Phi) is 11.1. The molecule has 1 saturated heterocycles. The normalized spacial score (nSPS) is 14.2. The zero-order valence-electron chi connectivity index (χ0n) is 23.3. The van der Waals surface area contributed by atoms with Crippen LogP contribution in [0.2, 0.25) is 5.02 Å². The van der Waals surface area contributed by atoms with Crippen LogP contribution in [0.25, 0.3) is 0 Å². The van der Waals surface area contributed by atoms with E-state index in [0.29, 0.717) is 68.1 Å². The van der Waals surface area contributed by atoms with Crippen LogP contribution >= 0.6 is 11.6 Å². The van der Waals surface area contributed by atoms with Crippen LogP contribution in [0, 0.1) is 0 Å². The second-order valence-electron chi connectivity index (χ2n) is 9.58. The van der Waals surface area contributed by atoms with E-state index in [1.165, 1.54) is 28.6 Å². The molecule has 10 nitrogen and oxygen atoms in total. The molecule has 1 aromatic heterocycles. The van der Waals surface area contributed by atoms with Crippen LogP contribution in [0.3, 0.4) is 0 Å². The van der Waals surface area contributed by atoms with Gasteiger partial charge in [-0.05, 0) is 60.5 Å². The van der Waals surface area contributed by atoms with E-state index < -0.39 is 10.0 Å². The van der Waals surface area contributed by atoms with Crippen LogP contribution in [-0.2, 0) is 32.5 Å². The minimum atomic E-state index is -3.98. The van der Waals surface area contributed by atoms with Gasteiger partial charge < -0.3 is 23.5 Å². The van der Waals surface area contributed by atoms with Crippen LogP contribution in [0.4, 0.5) is 0 Å². The molecular weight excluding hydrogens is 570 g/mol. The first-order chi connectivity index (χ1) is 19.8. The summed E-state index contributed by atoms with van der Waals surface area (Å²) < 4.78 is 50.4. The molecule has 3 aromatic rings. The molecule has 1 amide bonds. The number of furan rings is 1. The number of carbonyl (C=O) groups is 1. The summed E-state index contributed by atoms with van der Waals surface area (Å²) in [6, 6.07) is 15.1. The van der Waals surface area contributed by atoms with E-state index in [-0.39, 0.29) is 30.4 Å². The summed E-state index contributed by atoms with van der Waals surface area (Å²) in [6.45, 7) is 3.46. The average molecular weight is 606 g/mol. The van der Waals surface area contributed by atoms with Gasteiger partial charge in [-0.2, -0.15) is 4.31 Å². The molecule has 0 N–H and O–H groups in total. The molecule has 1 fully saturated rings. The zero-order chi connectivity index (χ0) is 29.2. The van der Waals surface area contributed by atoms with E-state index in [9.17, 15) is 13.2 Å². The lowest BCUT2D eigenvalue weighted by atomic mass is 10.1. The Morgan fingerprint density at radius 1 is 1.00 bits per heavy atom. The van der Waals surface area contributed by atoms with Crippen molar-refractivity contribution in [1.82, 2.24) is 14.1 Å². The number of ether oxygens (including phenoxy) is 3. The van der Waals surface area contributed by atoms with E-state index in [1.807, 2.05) is 18.2 Å². The second kappa shape index (κ2) is 14.7. The summed E-state index contributed by atoms with van der Waals surface area (Å²) in [5.41, 5.74) is 0.942. The maximum atomic E-state index is 13.8. The highest BCUT2D eigenvalue weighted by atomic mass is 35.5. The third-order valence-electron chi connectivity index (χ3n) is 6.93. The Morgan fingerprint density at radius 3 is 2.39 bits per heavy atom. The standard InChI is InChI=1S/C29H36ClN3O7S/c1-37-27-10-5-23(20-28(27)38-2)11-12-32(21-25-4-3-17-40-25)29(34)22-33(14-13-31-15-18-39-19-16-31)41(35,36)26-8-6-24(30)7-9-26/h3-10,17,20H,11-16,18-19,21-22H2,1-2H3. The van der Waals surface area contributed by atoms with Crippen molar-refractivity contribution in [3.63, 3.8) is 0 Å². The predicted octanol–water partition coefficient (Wildman–Crippen LogP) is 3.54. The monoisotopic (exact) mass is 605 g/mol. The molecule has 1 aliphatic heterocycles. The van der Waals surface area contributed by atoms with Gasteiger partial charge in [-0.25, -0.2) is 8.42 Å². The number of amides is 1. The van der Waals surface area contributed by atoms with Gasteiger partial charge in [0, 0.05) is 37.7 Å². The lowest BCUT2D eigenvalue weighted by Crippen LogP contribution is -2.47. The molecular formula is C29H36ClN3O7S. The van der Waals surface area contributed by atoms with Gasteiger partial charge in [0.25, 0.3) is 0 Å². The quantitative estimate of drug-likeness (QED) is 0.275. The Hall–Kier alpha value is -3.09. The topological polar surface area (TPSA) is 102 Å². The van der Waals surface area contributed by atoms with Gasteiger partial charge in [0.1, 0.15) is 5.76 Å². The van der Waals surface area contributed by atoms with Crippen LogP contribution < -0.4 is 9.47 Å². The third kappa shape index (κ3) is 8.46. The van der Waals surface area contributed by atoms with Crippen molar-refractivity contribution in [3.8, 4) is 11.5 Å². The Labute approximate surface area is 246 Å². The van der Waals surface area contributed by atoms with E-state index >= 15 is 0 Å². The Bertz CT molecular complexity index is 1360. The van der Waals surface area contributed by atoms with Crippen molar-refractivity contribution >= 4 is 27.5 Å². The molecule has 2 aromatic carbocycles. The van der Waals surface area contributed by atoms with Gasteiger partial charge in [-0.3, -0.25) is 9.69 Å². The molecule has 12 heteroatoms. The number of rotatable bonds is 14. The molecule has 0 aliphatic carbocycles. The van der Waals surface area contributed by atoms with Crippen molar-refractivity contribution in [3.05, 3.63) is 77.2 Å². The molecule has 0 unspecified atom stereocenters. The average Bonchev–Trinajstić information content (AvgIpc) is 3.51. The second-order valence-corrected chi connectivity index (χ2v) is 12.0. The highest BCUT2D eigenvalue weighted by molar-refractivity contribution is 7.89. The van der Waals surface area contributed by atoms with Crippen LogP contribution in [-0.4, -0.2) is 95.1 Å². The fraction of sp³-hybridized carbons (Fsp3) is 0.414. The largest absolute Gasteiger partial charge is 0.493 e. The van der Waals surface area contributed by atoms with Gasteiger partial charge in [-0.1, -0.05) is 17.7 Å². The summed E-state index contributed by atoms with van der Waals surface area (Å²) in [5.74, 6) is 1.48. The summed E-state index contributed by atoms with van der Waals surface area (Å²) in [7, 11) is -0.834. The summed E-state index contributed by atoms with van der Waals surface area (Å²) in [6.07, 6.45) is 2.07. The maximum Gasteiger partial charge on any atom is 0.243 e. The number of methoxy groups -OCH3 is 2. The number of hydrogen-bond donors (Lipinski definition) is 0. The van der Waals surface area contributed by atoms with E-state index in [2.05, 4.69) is 4.90 Å². The van der Waals surface area contributed by atoms with E-state index in [1.54, 1.807) is 37.5 Å². The van der Waals surface area contributed by atoms with Crippen LogP contribution in [0.15, 0.2) is 70.2 Å². The molecule has 0 atom stereocenters. The molecule has 41 heavy (non-hydrogen) atoms. The first-order valence-electron chi connectivity index (χ1n) is 13.4. The highest BCUT2D eigenvalue weighted by Gasteiger charge is 2.29. The van der Waals surface area contributed by atoms with Gasteiger partial charge in [-0.15, -0.1) is 0 Å². The maximum absolute atomic E-state index is 13.8. The predicted molar refractivity (Wildman–Crippen MR) is 155 cm³/mol. The number of nitrogens with zero attached hydrogens (tertiary/aromatic N) is 3. The fourth-order valence-corrected chi connectivity index (χ4v) is 6.06. The number of benzene rings is 2. The van der Waals surface area contributed by atoms with E-state index in [0.717, 1.165) is 5.56 Å². The molecule has 0 spiro atoms. The number of morpholine rings is 1. The van der Waals surface area contributed by atoms with Gasteiger partial charge in [0.05, 0.1) is 51.7 Å². The summed E-state index contributed by atoms with van der Waals surface area (Å²) in [5, 5.41) is 0.430. The third-order valence-corrected chi connectivity index (χ3v) is 9.04.